The van der Waals surface area contributed by atoms with Crippen LogP contribution in [-0.2, 0) is 14.4 Å². The Balaban J connectivity index is 4.24. The van der Waals surface area contributed by atoms with Crippen molar-refractivity contribution in [3.05, 3.63) is 0 Å². The van der Waals surface area contributed by atoms with Gasteiger partial charge in [0.1, 0.15) is 5.78 Å². The number of carbonyl (C=O) groups excluding carboxylic acids is 3. The van der Waals surface area contributed by atoms with E-state index in [-0.39, 0.29) is 12.2 Å². The van der Waals surface area contributed by atoms with E-state index < -0.39 is 17.1 Å². The third-order valence-corrected chi connectivity index (χ3v) is 1.64. The van der Waals surface area contributed by atoms with E-state index in [4.69, 9.17) is 0 Å². The van der Waals surface area contributed by atoms with Crippen LogP contribution in [0.25, 0.3) is 0 Å². The molecule has 74 valence electrons. The second-order valence-corrected chi connectivity index (χ2v) is 3.85. The maximum absolute atomic E-state index is 11.3. The highest BCUT2D eigenvalue weighted by Crippen LogP contribution is 2.16. The summed E-state index contributed by atoms with van der Waals surface area (Å²) in [6.45, 7) is 5.14. The van der Waals surface area contributed by atoms with Crippen molar-refractivity contribution in [2.45, 2.75) is 27.2 Å². The Labute approximate surface area is 77.7 Å². The zero-order chi connectivity index (χ0) is 10.6. The van der Waals surface area contributed by atoms with Crippen LogP contribution in [0.2, 0.25) is 0 Å². The Kier molecular flexibility index (Phi) is 3.78. The summed E-state index contributed by atoms with van der Waals surface area (Å²) in [5.74, 6) is -1.61. The molecule has 0 aliphatic rings. The van der Waals surface area contributed by atoms with Crippen LogP contribution < -0.4 is 5.32 Å². The number of nitrogens with one attached hydrogen (secondary N) is 1. The summed E-state index contributed by atoms with van der Waals surface area (Å²) in [5.41, 5.74) is -0.566. The summed E-state index contributed by atoms with van der Waals surface area (Å²) in [6.07, 6.45) is -0.316. The maximum Gasteiger partial charge on any atom is 0.287 e. The van der Waals surface area contributed by atoms with Gasteiger partial charge in [-0.2, -0.15) is 0 Å². The average Bonchev–Trinajstić information content (AvgIpc) is 2.01. The highest BCUT2D eigenvalue weighted by molar-refractivity contribution is 6.39. The van der Waals surface area contributed by atoms with Crippen molar-refractivity contribution in [1.29, 1.82) is 0 Å². The molecule has 0 aliphatic carbocycles. The molecule has 0 aromatic heterocycles. The number of amides is 1. The summed E-state index contributed by atoms with van der Waals surface area (Å²) < 4.78 is 0. The molecule has 0 radical (unpaired) electrons. The molecule has 0 aliphatic heterocycles. The fourth-order valence-electron chi connectivity index (χ4n) is 0.631. The van der Waals surface area contributed by atoms with Gasteiger partial charge in [-0.15, -0.1) is 0 Å². The largest absolute Gasteiger partial charge is 0.353 e. The second-order valence-electron chi connectivity index (χ2n) is 3.85. The van der Waals surface area contributed by atoms with Crippen molar-refractivity contribution >= 4 is 17.5 Å². The lowest BCUT2D eigenvalue weighted by Crippen LogP contribution is -2.32. The van der Waals surface area contributed by atoms with Gasteiger partial charge in [0.2, 0.25) is 5.78 Å². The quantitative estimate of drug-likeness (QED) is 0.508. The van der Waals surface area contributed by atoms with Crippen molar-refractivity contribution in [3.63, 3.8) is 0 Å². The Hall–Kier alpha value is -1.19. The molecule has 0 bridgehead atoms. The van der Waals surface area contributed by atoms with Gasteiger partial charge in [0.05, 0.1) is 6.42 Å². The van der Waals surface area contributed by atoms with Crippen LogP contribution in [0.4, 0.5) is 0 Å². The van der Waals surface area contributed by atoms with Gasteiger partial charge in [-0.05, 0) is 0 Å². The van der Waals surface area contributed by atoms with Gasteiger partial charge in [0.15, 0.2) is 0 Å². The predicted molar refractivity (Wildman–Crippen MR) is 48.2 cm³/mol. The van der Waals surface area contributed by atoms with Crippen LogP contribution in [0.15, 0.2) is 0 Å². The Morgan fingerprint density at radius 1 is 1.15 bits per heavy atom. The fourth-order valence-corrected chi connectivity index (χ4v) is 0.631. The lowest BCUT2D eigenvalue weighted by Gasteiger charge is -2.15. The number of hydrogen-bond acceptors (Lipinski definition) is 3. The molecule has 0 fully saturated rings. The summed E-state index contributed by atoms with van der Waals surface area (Å²) in [4.78, 5) is 33.1. The first-order valence-corrected chi connectivity index (χ1v) is 4.07. The predicted octanol–water partition coefficient (Wildman–Crippen LogP) is 0.307. The van der Waals surface area contributed by atoms with E-state index in [1.54, 1.807) is 20.8 Å². The second kappa shape index (κ2) is 4.16. The first-order valence-electron chi connectivity index (χ1n) is 4.07. The van der Waals surface area contributed by atoms with Gasteiger partial charge in [-0.25, -0.2) is 0 Å². The third-order valence-electron chi connectivity index (χ3n) is 1.64. The van der Waals surface area contributed by atoms with Crippen LogP contribution in [-0.4, -0.2) is 24.5 Å². The third kappa shape index (κ3) is 3.83. The van der Waals surface area contributed by atoms with Crippen LogP contribution in [0.5, 0.6) is 0 Å². The molecular formula is C9H15NO3. The van der Waals surface area contributed by atoms with E-state index in [1.165, 1.54) is 7.05 Å². The van der Waals surface area contributed by atoms with Crippen molar-refractivity contribution < 1.29 is 14.4 Å². The molecule has 0 heterocycles. The Morgan fingerprint density at radius 2 is 1.62 bits per heavy atom. The van der Waals surface area contributed by atoms with E-state index in [9.17, 15) is 14.4 Å². The van der Waals surface area contributed by atoms with Crippen LogP contribution in [0.3, 0.4) is 0 Å². The van der Waals surface area contributed by atoms with Crippen LogP contribution >= 0.6 is 0 Å². The lowest BCUT2D eigenvalue weighted by atomic mass is 9.88. The van der Waals surface area contributed by atoms with Crippen LogP contribution in [0, 0.1) is 5.41 Å². The van der Waals surface area contributed by atoms with Crippen molar-refractivity contribution in [3.8, 4) is 0 Å². The van der Waals surface area contributed by atoms with Crippen molar-refractivity contribution in [2.75, 3.05) is 7.05 Å². The van der Waals surface area contributed by atoms with E-state index in [1.807, 2.05) is 0 Å². The SMILES string of the molecule is CNC(=O)C(=O)CC(=O)C(C)(C)C. The normalized spacial score (nSPS) is 10.8. The van der Waals surface area contributed by atoms with Gasteiger partial charge in [0.25, 0.3) is 5.91 Å². The molecule has 4 nitrogen and oxygen atoms in total. The molecule has 0 unspecified atom stereocenters. The molecule has 13 heavy (non-hydrogen) atoms. The maximum atomic E-state index is 11.3. The molecular weight excluding hydrogens is 170 g/mol. The number of rotatable bonds is 3. The molecule has 0 spiro atoms. The number of hydrogen-bond donors (Lipinski definition) is 1. The van der Waals surface area contributed by atoms with Gasteiger partial charge in [-0.1, -0.05) is 20.8 Å². The van der Waals surface area contributed by atoms with Gasteiger partial charge < -0.3 is 5.32 Å². The summed E-state index contributed by atoms with van der Waals surface area (Å²) in [6, 6.07) is 0. The number of likely N-dealkylation sites (N-methyl/N-ethyl adjacent to an activating group) is 1. The number of ketones is 2. The van der Waals surface area contributed by atoms with E-state index in [0.717, 1.165) is 0 Å². The van der Waals surface area contributed by atoms with E-state index >= 15 is 0 Å². The summed E-state index contributed by atoms with van der Waals surface area (Å²) in [5, 5.41) is 2.18. The van der Waals surface area contributed by atoms with Gasteiger partial charge >= 0.3 is 0 Å². The van der Waals surface area contributed by atoms with E-state index in [2.05, 4.69) is 5.32 Å². The lowest BCUT2D eigenvalue weighted by molar-refractivity contribution is -0.141. The molecule has 4 heteroatoms. The monoisotopic (exact) mass is 185 g/mol. The molecule has 1 amide bonds. The molecule has 0 aromatic rings. The molecule has 0 saturated heterocycles. The molecule has 0 atom stereocenters. The highest BCUT2D eigenvalue weighted by atomic mass is 16.2. The van der Waals surface area contributed by atoms with Crippen molar-refractivity contribution in [1.82, 2.24) is 5.32 Å². The van der Waals surface area contributed by atoms with Crippen molar-refractivity contribution in [2.24, 2.45) is 5.41 Å². The van der Waals surface area contributed by atoms with Gasteiger partial charge in [0, 0.05) is 12.5 Å². The minimum absolute atomic E-state index is 0.221. The minimum Gasteiger partial charge on any atom is -0.353 e. The summed E-state index contributed by atoms with van der Waals surface area (Å²) in [7, 11) is 1.36. The minimum atomic E-state index is -0.711. The standard InChI is InChI=1S/C9H15NO3/c1-9(2,3)7(12)5-6(11)8(13)10-4/h5H2,1-4H3,(H,10,13). The molecule has 0 saturated carbocycles. The zero-order valence-electron chi connectivity index (χ0n) is 8.43. The fraction of sp³-hybridized carbons (Fsp3) is 0.667. The topological polar surface area (TPSA) is 63.2 Å². The molecule has 1 N–H and O–H groups in total. The van der Waals surface area contributed by atoms with E-state index in [0.29, 0.717) is 0 Å². The van der Waals surface area contributed by atoms with Crippen LogP contribution in [0.1, 0.15) is 27.2 Å². The zero-order valence-corrected chi connectivity index (χ0v) is 8.43. The van der Waals surface area contributed by atoms with Gasteiger partial charge in [-0.3, -0.25) is 14.4 Å². The first-order chi connectivity index (χ1) is 5.79. The summed E-state index contributed by atoms with van der Waals surface area (Å²) >= 11 is 0. The molecule has 0 aromatic carbocycles. The molecule has 0 rings (SSSR count). The number of Topliss-reactive ketones (excluding diaryl/α,β-unsaturated/α-hetero) is 2. The smallest absolute Gasteiger partial charge is 0.287 e. The Bertz CT molecular complexity index is 238. The Morgan fingerprint density at radius 3 is 1.92 bits per heavy atom. The highest BCUT2D eigenvalue weighted by Gasteiger charge is 2.25. The average molecular weight is 185 g/mol. The number of carbonyl (C=O) groups is 3. The first kappa shape index (κ1) is 11.8.